The second kappa shape index (κ2) is 7.67. The third kappa shape index (κ3) is 3.48. The number of benzene rings is 3. The van der Waals surface area contributed by atoms with Gasteiger partial charge in [-0.25, -0.2) is 0 Å². The van der Waals surface area contributed by atoms with E-state index in [1.165, 1.54) is 0 Å². The standard InChI is InChI=1S/C27H23ClNO2/c1-2-17-6-3-4-7-21(17)23-15-19-14-22(24(28)16-25(19)29-26(23)30)18-8-10-20(11-9-18)27(31)12-5-13-27/h3-4,6,8-11,14-16,31H,2,5,12-13H2,1H3,(H,29,30). The molecule has 0 atom stereocenters. The minimum absolute atomic E-state index is 0.147. The SMILES string of the molecule is CCc1ccc[c]c1-c1cc2cc(-c3ccc(C4(O)CCC4)cc3)c(Cl)cc2[nH]c1=O. The van der Waals surface area contributed by atoms with Gasteiger partial charge in [-0.2, -0.15) is 0 Å². The first-order valence-corrected chi connectivity index (χ1v) is 11.1. The van der Waals surface area contributed by atoms with E-state index in [1.807, 2.05) is 54.6 Å². The van der Waals surface area contributed by atoms with Gasteiger partial charge in [-0.05, 0) is 77.6 Å². The molecule has 3 nitrogen and oxygen atoms in total. The number of hydrogen-bond donors (Lipinski definition) is 2. The van der Waals surface area contributed by atoms with E-state index in [2.05, 4.69) is 18.0 Å². The van der Waals surface area contributed by atoms with E-state index in [0.717, 1.165) is 58.9 Å². The van der Waals surface area contributed by atoms with Crippen LogP contribution < -0.4 is 5.56 Å². The van der Waals surface area contributed by atoms with Crippen LogP contribution in [0.25, 0.3) is 33.2 Å². The Kier molecular flexibility index (Phi) is 4.96. The molecule has 31 heavy (non-hydrogen) atoms. The summed E-state index contributed by atoms with van der Waals surface area (Å²) >= 11 is 6.59. The molecule has 1 aliphatic carbocycles. The van der Waals surface area contributed by atoms with Gasteiger partial charge >= 0.3 is 0 Å². The van der Waals surface area contributed by atoms with E-state index in [-0.39, 0.29) is 5.56 Å². The Bertz CT molecular complexity index is 1330. The zero-order valence-corrected chi connectivity index (χ0v) is 18.1. The van der Waals surface area contributed by atoms with Gasteiger partial charge in [0.2, 0.25) is 0 Å². The molecule has 0 amide bonds. The number of H-pyrrole nitrogens is 1. The smallest absolute Gasteiger partial charge is 0.256 e. The fourth-order valence-electron chi connectivity index (χ4n) is 4.41. The van der Waals surface area contributed by atoms with Gasteiger partial charge in [0.15, 0.2) is 0 Å². The van der Waals surface area contributed by atoms with Crippen molar-refractivity contribution in [2.75, 3.05) is 0 Å². The second-order valence-corrected chi connectivity index (χ2v) is 8.73. The van der Waals surface area contributed by atoms with Crippen molar-refractivity contribution < 1.29 is 5.11 Å². The highest BCUT2D eigenvalue weighted by Gasteiger charge is 2.35. The van der Waals surface area contributed by atoms with Crippen LogP contribution in [0.2, 0.25) is 5.02 Å². The molecule has 1 aliphatic rings. The van der Waals surface area contributed by atoms with E-state index in [4.69, 9.17) is 11.6 Å². The van der Waals surface area contributed by atoms with Crippen molar-refractivity contribution in [3.63, 3.8) is 0 Å². The molecule has 3 aromatic carbocycles. The number of pyridine rings is 1. The monoisotopic (exact) mass is 428 g/mol. The first-order chi connectivity index (χ1) is 15.0. The number of aliphatic hydroxyl groups is 1. The van der Waals surface area contributed by atoms with Crippen LogP contribution in [0.15, 0.2) is 65.5 Å². The quantitative estimate of drug-likeness (QED) is 0.403. The summed E-state index contributed by atoms with van der Waals surface area (Å²) in [5.41, 5.74) is 5.25. The van der Waals surface area contributed by atoms with Crippen molar-refractivity contribution in [1.29, 1.82) is 0 Å². The summed E-state index contributed by atoms with van der Waals surface area (Å²) in [4.78, 5) is 15.8. The molecular weight excluding hydrogens is 406 g/mol. The van der Waals surface area contributed by atoms with Crippen LogP contribution in [0, 0.1) is 6.07 Å². The van der Waals surface area contributed by atoms with Crippen LogP contribution in [-0.2, 0) is 12.0 Å². The van der Waals surface area contributed by atoms with Gasteiger partial charge in [0, 0.05) is 16.6 Å². The minimum atomic E-state index is -0.677. The Morgan fingerprint density at radius 3 is 2.52 bits per heavy atom. The molecule has 0 saturated heterocycles. The van der Waals surface area contributed by atoms with E-state index >= 15 is 0 Å². The fourth-order valence-corrected chi connectivity index (χ4v) is 4.69. The van der Waals surface area contributed by atoms with E-state index < -0.39 is 5.60 Å². The molecular formula is C27H23ClNO2. The lowest BCUT2D eigenvalue weighted by atomic mass is 9.75. The van der Waals surface area contributed by atoms with Crippen molar-refractivity contribution in [3.8, 4) is 22.3 Å². The molecule has 0 bridgehead atoms. The summed E-state index contributed by atoms with van der Waals surface area (Å²) in [6.45, 7) is 2.07. The first-order valence-electron chi connectivity index (χ1n) is 10.7. The van der Waals surface area contributed by atoms with Crippen molar-refractivity contribution in [3.05, 3.63) is 93.2 Å². The van der Waals surface area contributed by atoms with Gasteiger partial charge in [-0.1, -0.05) is 61.0 Å². The highest BCUT2D eigenvalue weighted by molar-refractivity contribution is 6.34. The van der Waals surface area contributed by atoms with Gasteiger partial charge in [0.1, 0.15) is 0 Å². The molecule has 0 spiro atoms. The molecule has 5 rings (SSSR count). The molecule has 0 unspecified atom stereocenters. The number of halogens is 1. The number of hydrogen-bond acceptors (Lipinski definition) is 2. The highest BCUT2D eigenvalue weighted by atomic mass is 35.5. The molecule has 0 aliphatic heterocycles. The van der Waals surface area contributed by atoms with Gasteiger partial charge in [0.05, 0.1) is 10.6 Å². The topological polar surface area (TPSA) is 53.1 Å². The van der Waals surface area contributed by atoms with Crippen molar-refractivity contribution in [2.45, 2.75) is 38.2 Å². The summed E-state index contributed by atoms with van der Waals surface area (Å²) < 4.78 is 0. The van der Waals surface area contributed by atoms with Crippen LogP contribution in [-0.4, -0.2) is 10.1 Å². The Morgan fingerprint density at radius 1 is 1.10 bits per heavy atom. The maximum absolute atomic E-state index is 12.8. The second-order valence-electron chi connectivity index (χ2n) is 8.32. The Balaban J connectivity index is 1.61. The number of aryl methyl sites for hydroxylation is 1. The predicted octanol–water partition coefficient (Wildman–Crippen LogP) is 6.25. The van der Waals surface area contributed by atoms with Gasteiger partial charge in [-0.15, -0.1) is 0 Å². The maximum Gasteiger partial charge on any atom is 0.256 e. The van der Waals surface area contributed by atoms with Crippen LogP contribution in [0.5, 0.6) is 0 Å². The van der Waals surface area contributed by atoms with E-state index in [1.54, 1.807) is 6.07 Å². The maximum atomic E-state index is 12.8. The zero-order chi connectivity index (χ0) is 21.6. The number of fused-ring (bicyclic) bond motifs is 1. The van der Waals surface area contributed by atoms with Crippen LogP contribution in [0.3, 0.4) is 0 Å². The average Bonchev–Trinajstić information content (AvgIpc) is 2.77. The van der Waals surface area contributed by atoms with Gasteiger partial charge in [0.25, 0.3) is 5.56 Å². The highest BCUT2D eigenvalue weighted by Crippen LogP contribution is 2.42. The lowest BCUT2D eigenvalue weighted by Gasteiger charge is -2.37. The molecule has 1 aromatic heterocycles. The normalized spacial score (nSPS) is 15.1. The summed E-state index contributed by atoms with van der Waals surface area (Å²) in [6, 6.07) is 22.8. The fraction of sp³-hybridized carbons (Fsp3) is 0.222. The summed E-state index contributed by atoms with van der Waals surface area (Å²) in [5.74, 6) is 0. The summed E-state index contributed by atoms with van der Waals surface area (Å²) in [7, 11) is 0. The Labute approximate surface area is 186 Å². The molecule has 2 N–H and O–H groups in total. The lowest BCUT2D eigenvalue weighted by molar-refractivity contribution is -0.0387. The van der Waals surface area contributed by atoms with Crippen LogP contribution in [0.4, 0.5) is 0 Å². The largest absolute Gasteiger partial charge is 0.385 e. The van der Waals surface area contributed by atoms with Crippen molar-refractivity contribution >= 4 is 22.5 Å². The average molecular weight is 429 g/mol. The third-order valence-electron chi connectivity index (χ3n) is 6.44. The zero-order valence-electron chi connectivity index (χ0n) is 17.3. The third-order valence-corrected chi connectivity index (χ3v) is 6.75. The summed E-state index contributed by atoms with van der Waals surface area (Å²) in [5, 5.41) is 12.1. The molecule has 155 valence electrons. The number of aromatic amines is 1. The Morgan fingerprint density at radius 2 is 1.84 bits per heavy atom. The molecule has 4 heteroatoms. The molecule has 1 radical (unpaired) electrons. The molecule has 4 aromatic rings. The van der Waals surface area contributed by atoms with Crippen molar-refractivity contribution in [2.24, 2.45) is 0 Å². The van der Waals surface area contributed by atoms with Crippen molar-refractivity contribution in [1.82, 2.24) is 4.98 Å². The lowest BCUT2D eigenvalue weighted by Crippen LogP contribution is -2.33. The molecule has 1 fully saturated rings. The van der Waals surface area contributed by atoms with E-state index in [9.17, 15) is 9.90 Å². The molecule has 1 heterocycles. The van der Waals surface area contributed by atoms with Crippen LogP contribution in [0.1, 0.15) is 37.3 Å². The summed E-state index contributed by atoms with van der Waals surface area (Å²) in [6.07, 6.45) is 3.52. The minimum Gasteiger partial charge on any atom is -0.385 e. The molecule has 1 saturated carbocycles. The van der Waals surface area contributed by atoms with Crippen LogP contribution >= 0.6 is 11.6 Å². The van der Waals surface area contributed by atoms with Gasteiger partial charge < -0.3 is 10.1 Å². The van der Waals surface area contributed by atoms with E-state index in [0.29, 0.717) is 16.1 Å². The number of aromatic nitrogens is 1. The predicted molar refractivity (Wildman–Crippen MR) is 126 cm³/mol. The first kappa shape index (κ1) is 20.0. The Hall–Kier alpha value is -2.88. The number of nitrogens with one attached hydrogen (secondary N) is 1. The number of rotatable bonds is 4. The van der Waals surface area contributed by atoms with Gasteiger partial charge in [-0.3, -0.25) is 4.79 Å².